The normalized spacial score (nSPS) is 10.3. The van der Waals surface area contributed by atoms with Crippen LogP contribution in [0.3, 0.4) is 0 Å². The number of rotatable bonds is 4. The molecule has 1 aromatic heterocycles. The van der Waals surface area contributed by atoms with Crippen molar-refractivity contribution in [1.82, 2.24) is 10.2 Å². The van der Waals surface area contributed by atoms with E-state index in [1.54, 1.807) is 31.2 Å². The molecule has 0 spiro atoms. The summed E-state index contributed by atoms with van der Waals surface area (Å²) >= 11 is 0. The van der Waals surface area contributed by atoms with Crippen LogP contribution in [0.2, 0.25) is 0 Å². The van der Waals surface area contributed by atoms with Crippen molar-refractivity contribution in [3.05, 3.63) is 46.6 Å². The van der Waals surface area contributed by atoms with Gasteiger partial charge in [0.1, 0.15) is 5.56 Å². The third-order valence-electron chi connectivity index (χ3n) is 2.84. The van der Waals surface area contributed by atoms with E-state index in [1.807, 2.05) is 0 Å². The Bertz CT molecular complexity index is 646. The lowest BCUT2D eigenvalue weighted by atomic mass is 10.1. The van der Waals surface area contributed by atoms with Crippen LogP contribution in [0.1, 0.15) is 32.0 Å². The zero-order valence-electron chi connectivity index (χ0n) is 10.8. The fraction of sp³-hybridized carbons (Fsp3) is 0.154. The fourth-order valence-corrected chi connectivity index (χ4v) is 1.75. The Kier molecular flexibility index (Phi) is 3.81. The van der Waals surface area contributed by atoms with Crippen molar-refractivity contribution in [2.45, 2.75) is 13.5 Å². The van der Waals surface area contributed by atoms with Crippen molar-refractivity contribution >= 4 is 17.7 Å². The Morgan fingerprint density at radius 3 is 2.55 bits per heavy atom. The summed E-state index contributed by atoms with van der Waals surface area (Å²) in [4.78, 5) is 23.1. The first-order valence-corrected chi connectivity index (χ1v) is 5.91. The summed E-state index contributed by atoms with van der Waals surface area (Å²) in [6.45, 7) is 1.96. The molecule has 7 nitrogen and oxygen atoms in total. The van der Waals surface area contributed by atoms with Crippen LogP contribution >= 0.6 is 0 Å². The maximum Gasteiger partial charge on any atom is 0.341 e. The minimum Gasteiger partial charge on any atom is -0.477 e. The van der Waals surface area contributed by atoms with E-state index in [9.17, 15) is 9.59 Å². The second-order valence-corrected chi connectivity index (χ2v) is 4.23. The number of anilines is 1. The number of carboxylic acid groups (broad SMARTS) is 1. The van der Waals surface area contributed by atoms with E-state index in [4.69, 9.17) is 10.8 Å². The zero-order valence-corrected chi connectivity index (χ0v) is 10.8. The topological polar surface area (TPSA) is 121 Å². The molecule has 0 atom stereocenters. The lowest BCUT2D eigenvalue weighted by Gasteiger charge is -2.04. The van der Waals surface area contributed by atoms with Gasteiger partial charge in [-0.3, -0.25) is 9.89 Å². The molecule has 1 heterocycles. The van der Waals surface area contributed by atoms with Crippen LogP contribution < -0.4 is 11.1 Å². The van der Waals surface area contributed by atoms with Gasteiger partial charge in [0.25, 0.3) is 5.91 Å². The summed E-state index contributed by atoms with van der Waals surface area (Å²) in [6.07, 6.45) is 0. The van der Waals surface area contributed by atoms with Crippen LogP contribution in [0, 0.1) is 6.92 Å². The number of aromatic carboxylic acids is 1. The number of benzene rings is 1. The predicted octanol–water partition coefficient (Wildman–Crippen LogP) is 1.13. The summed E-state index contributed by atoms with van der Waals surface area (Å²) < 4.78 is 0. The molecule has 5 N–H and O–H groups in total. The SMILES string of the molecule is Cc1[nH]nc(NC(=O)c2ccc(CN)cc2)c1C(=O)O. The number of nitrogens with two attached hydrogens (primary N) is 1. The molecule has 1 amide bonds. The maximum absolute atomic E-state index is 12.0. The van der Waals surface area contributed by atoms with E-state index >= 15 is 0 Å². The van der Waals surface area contributed by atoms with Gasteiger partial charge in [-0.15, -0.1) is 0 Å². The van der Waals surface area contributed by atoms with Gasteiger partial charge in [0.05, 0.1) is 0 Å². The highest BCUT2D eigenvalue weighted by Gasteiger charge is 2.19. The first-order valence-electron chi connectivity index (χ1n) is 5.91. The van der Waals surface area contributed by atoms with Gasteiger partial charge in [-0.25, -0.2) is 4.79 Å². The lowest BCUT2D eigenvalue weighted by molar-refractivity contribution is 0.0697. The van der Waals surface area contributed by atoms with Gasteiger partial charge in [-0.2, -0.15) is 5.10 Å². The molecule has 7 heteroatoms. The van der Waals surface area contributed by atoms with Crippen LogP contribution in [-0.4, -0.2) is 27.2 Å². The summed E-state index contributed by atoms with van der Waals surface area (Å²) in [6, 6.07) is 6.72. The first-order chi connectivity index (χ1) is 9.52. The van der Waals surface area contributed by atoms with Gasteiger partial charge < -0.3 is 16.2 Å². The van der Waals surface area contributed by atoms with Crippen LogP contribution in [0.5, 0.6) is 0 Å². The van der Waals surface area contributed by atoms with Gasteiger partial charge in [0.15, 0.2) is 5.82 Å². The Labute approximate surface area is 114 Å². The second kappa shape index (κ2) is 5.54. The van der Waals surface area contributed by atoms with E-state index in [0.29, 0.717) is 17.8 Å². The summed E-state index contributed by atoms with van der Waals surface area (Å²) in [5.41, 5.74) is 7.12. The fourth-order valence-electron chi connectivity index (χ4n) is 1.75. The van der Waals surface area contributed by atoms with Gasteiger partial charge in [0, 0.05) is 17.8 Å². The number of nitrogens with one attached hydrogen (secondary N) is 2. The van der Waals surface area contributed by atoms with Crippen molar-refractivity contribution in [1.29, 1.82) is 0 Å². The Morgan fingerprint density at radius 2 is 2.00 bits per heavy atom. The smallest absolute Gasteiger partial charge is 0.341 e. The molecule has 0 saturated heterocycles. The highest BCUT2D eigenvalue weighted by atomic mass is 16.4. The Morgan fingerprint density at radius 1 is 1.35 bits per heavy atom. The average molecular weight is 274 g/mol. The molecule has 0 aliphatic rings. The van der Waals surface area contributed by atoms with Crippen molar-refractivity contribution < 1.29 is 14.7 Å². The number of carboxylic acids is 1. The van der Waals surface area contributed by atoms with E-state index in [0.717, 1.165) is 5.56 Å². The van der Waals surface area contributed by atoms with E-state index in [2.05, 4.69) is 15.5 Å². The standard InChI is InChI=1S/C13H14N4O3/c1-7-10(13(19)20)11(17-16-7)15-12(18)9-4-2-8(6-14)3-5-9/h2-5H,6,14H2,1H3,(H,19,20)(H2,15,16,17,18). The highest BCUT2D eigenvalue weighted by Crippen LogP contribution is 2.17. The average Bonchev–Trinajstić information content (AvgIpc) is 2.79. The number of H-pyrrole nitrogens is 1. The number of aryl methyl sites for hydroxylation is 1. The van der Waals surface area contributed by atoms with Gasteiger partial charge >= 0.3 is 5.97 Å². The Balaban J connectivity index is 2.21. The number of nitrogens with zero attached hydrogens (tertiary/aromatic N) is 1. The Hall–Kier alpha value is -2.67. The van der Waals surface area contributed by atoms with Gasteiger partial charge in [-0.1, -0.05) is 12.1 Å². The molecule has 2 rings (SSSR count). The molecular formula is C13H14N4O3. The number of hydrogen-bond acceptors (Lipinski definition) is 4. The number of aromatic nitrogens is 2. The molecule has 1 aromatic carbocycles. The first kappa shape index (κ1) is 13.8. The lowest BCUT2D eigenvalue weighted by Crippen LogP contribution is -2.15. The molecule has 0 unspecified atom stereocenters. The number of carbonyl (C=O) groups excluding carboxylic acids is 1. The number of carbonyl (C=O) groups is 2. The largest absolute Gasteiger partial charge is 0.477 e. The third kappa shape index (κ3) is 2.67. The minimum absolute atomic E-state index is 0.00269. The number of hydrogen-bond donors (Lipinski definition) is 4. The molecule has 0 radical (unpaired) electrons. The van der Waals surface area contributed by atoms with Crippen molar-refractivity contribution in [2.75, 3.05) is 5.32 Å². The van der Waals surface area contributed by atoms with Crippen molar-refractivity contribution in [3.8, 4) is 0 Å². The van der Waals surface area contributed by atoms with E-state index < -0.39 is 11.9 Å². The molecule has 0 fully saturated rings. The zero-order chi connectivity index (χ0) is 14.7. The molecule has 0 aliphatic heterocycles. The van der Waals surface area contributed by atoms with Crippen LogP contribution in [0.4, 0.5) is 5.82 Å². The monoisotopic (exact) mass is 274 g/mol. The van der Waals surface area contributed by atoms with E-state index in [1.165, 1.54) is 0 Å². The number of amides is 1. The van der Waals surface area contributed by atoms with Crippen LogP contribution in [0.25, 0.3) is 0 Å². The maximum atomic E-state index is 12.0. The third-order valence-corrected chi connectivity index (χ3v) is 2.84. The molecule has 104 valence electrons. The molecular weight excluding hydrogens is 260 g/mol. The summed E-state index contributed by atoms with van der Waals surface area (Å²) in [7, 11) is 0. The van der Waals surface area contributed by atoms with Crippen LogP contribution in [0.15, 0.2) is 24.3 Å². The number of aromatic amines is 1. The van der Waals surface area contributed by atoms with Crippen molar-refractivity contribution in [3.63, 3.8) is 0 Å². The summed E-state index contributed by atoms with van der Waals surface area (Å²) in [5.74, 6) is -1.57. The van der Waals surface area contributed by atoms with Crippen LogP contribution in [-0.2, 0) is 6.54 Å². The highest BCUT2D eigenvalue weighted by molar-refractivity contribution is 6.07. The van der Waals surface area contributed by atoms with Gasteiger partial charge in [-0.05, 0) is 24.6 Å². The van der Waals surface area contributed by atoms with E-state index in [-0.39, 0.29) is 11.4 Å². The molecule has 20 heavy (non-hydrogen) atoms. The predicted molar refractivity (Wildman–Crippen MR) is 72.6 cm³/mol. The molecule has 2 aromatic rings. The quantitative estimate of drug-likeness (QED) is 0.665. The summed E-state index contributed by atoms with van der Waals surface area (Å²) in [5, 5.41) is 17.8. The molecule has 0 aliphatic carbocycles. The molecule has 0 saturated carbocycles. The van der Waals surface area contributed by atoms with Crippen molar-refractivity contribution in [2.24, 2.45) is 5.73 Å². The minimum atomic E-state index is -1.15. The van der Waals surface area contributed by atoms with Gasteiger partial charge in [0.2, 0.25) is 0 Å². The molecule has 0 bridgehead atoms. The second-order valence-electron chi connectivity index (χ2n) is 4.23.